The number of nitrogens with zero attached hydrogens (tertiary/aromatic N) is 3. The highest BCUT2D eigenvalue weighted by molar-refractivity contribution is 5.95. The van der Waals surface area contributed by atoms with Crippen LogP contribution < -0.4 is 5.43 Å². The second-order valence-corrected chi connectivity index (χ2v) is 6.41. The number of para-hydroxylation sites is 1. The van der Waals surface area contributed by atoms with Crippen molar-refractivity contribution in [1.82, 2.24) is 14.6 Å². The van der Waals surface area contributed by atoms with E-state index in [0.29, 0.717) is 5.56 Å². The molecule has 28 heavy (non-hydrogen) atoms. The van der Waals surface area contributed by atoms with Crippen molar-refractivity contribution in [2.45, 2.75) is 6.92 Å². The average Bonchev–Trinajstić information content (AvgIpc) is 3.39. The minimum absolute atomic E-state index is 0.246. The molecule has 4 aromatic rings. The molecule has 2 aromatic heterocycles. The van der Waals surface area contributed by atoms with Crippen molar-refractivity contribution in [1.29, 1.82) is 0 Å². The number of carbonyl (C=O) groups excluding carboxylic acids is 1. The molecule has 138 valence electrons. The van der Waals surface area contributed by atoms with Crippen LogP contribution in [0, 0.1) is 6.92 Å². The Morgan fingerprint density at radius 1 is 0.857 bits per heavy atom. The number of amides is 1. The Kier molecular flexibility index (Phi) is 4.89. The molecule has 1 amide bonds. The molecule has 0 aliphatic carbocycles. The molecule has 0 bridgehead atoms. The third-order valence-corrected chi connectivity index (χ3v) is 4.52. The fourth-order valence-electron chi connectivity index (χ4n) is 3.10. The highest BCUT2D eigenvalue weighted by atomic mass is 16.2. The van der Waals surface area contributed by atoms with Gasteiger partial charge < -0.3 is 9.13 Å². The number of carbonyl (C=O) groups is 1. The summed E-state index contributed by atoms with van der Waals surface area (Å²) >= 11 is 0. The van der Waals surface area contributed by atoms with Crippen LogP contribution in [0.4, 0.5) is 0 Å². The number of hydrazone groups is 1. The predicted octanol–water partition coefficient (Wildman–Crippen LogP) is 4.34. The van der Waals surface area contributed by atoms with Crippen LogP contribution in [-0.2, 0) is 0 Å². The van der Waals surface area contributed by atoms with Crippen LogP contribution in [0.2, 0.25) is 0 Å². The molecule has 0 unspecified atom stereocenters. The van der Waals surface area contributed by atoms with E-state index in [9.17, 15) is 4.79 Å². The van der Waals surface area contributed by atoms with E-state index < -0.39 is 0 Å². The molecule has 0 saturated carbocycles. The van der Waals surface area contributed by atoms with Crippen molar-refractivity contribution >= 4 is 12.1 Å². The summed E-state index contributed by atoms with van der Waals surface area (Å²) in [5.41, 5.74) is 7.21. The highest BCUT2D eigenvalue weighted by Gasteiger charge is 2.07. The van der Waals surface area contributed by atoms with Gasteiger partial charge in [0.25, 0.3) is 5.91 Å². The minimum Gasteiger partial charge on any atom is -0.324 e. The van der Waals surface area contributed by atoms with Gasteiger partial charge in [0.2, 0.25) is 0 Å². The average molecular weight is 368 g/mol. The number of benzene rings is 2. The lowest BCUT2D eigenvalue weighted by atomic mass is 10.2. The number of hydrogen-bond donors (Lipinski definition) is 1. The van der Waals surface area contributed by atoms with Gasteiger partial charge in [0.1, 0.15) is 0 Å². The fraction of sp³-hybridized carbons (Fsp3) is 0.0435. The summed E-state index contributed by atoms with van der Waals surface area (Å²) in [6.07, 6.45) is 5.58. The number of rotatable bonds is 5. The second-order valence-electron chi connectivity index (χ2n) is 6.41. The number of hydrogen-bond acceptors (Lipinski definition) is 2. The first kappa shape index (κ1) is 17.5. The first-order valence-electron chi connectivity index (χ1n) is 9.03. The van der Waals surface area contributed by atoms with E-state index in [4.69, 9.17) is 0 Å². The quantitative estimate of drug-likeness (QED) is 0.413. The normalized spacial score (nSPS) is 11.0. The highest BCUT2D eigenvalue weighted by Crippen LogP contribution is 2.15. The van der Waals surface area contributed by atoms with Gasteiger partial charge in [-0.25, -0.2) is 5.43 Å². The first-order valence-corrected chi connectivity index (χ1v) is 9.03. The molecular formula is C23H20N4O. The topological polar surface area (TPSA) is 51.3 Å². The summed E-state index contributed by atoms with van der Waals surface area (Å²) in [6.45, 7) is 2.04. The van der Waals surface area contributed by atoms with E-state index >= 15 is 0 Å². The third-order valence-electron chi connectivity index (χ3n) is 4.52. The summed E-state index contributed by atoms with van der Waals surface area (Å²) < 4.78 is 4.07. The van der Waals surface area contributed by atoms with Gasteiger partial charge in [-0.1, -0.05) is 18.2 Å². The number of aromatic nitrogens is 2. The maximum atomic E-state index is 12.4. The van der Waals surface area contributed by atoms with Crippen molar-refractivity contribution in [2.24, 2.45) is 5.10 Å². The summed E-state index contributed by atoms with van der Waals surface area (Å²) in [5.74, 6) is -0.246. The van der Waals surface area contributed by atoms with E-state index in [0.717, 1.165) is 22.8 Å². The van der Waals surface area contributed by atoms with Crippen LogP contribution in [0.25, 0.3) is 11.4 Å². The molecule has 0 saturated heterocycles. The van der Waals surface area contributed by atoms with Gasteiger partial charge in [0.05, 0.1) is 11.9 Å². The molecule has 0 atom stereocenters. The molecule has 5 heteroatoms. The smallest absolute Gasteiger partial charge is 0.271 e. The molecule has 0 aliphatic rings. The van der Waals surface area contributed by atoms with Gasteiger partial charge in [-0.05, 0) is 67.6 Å². The summed E-state index contributed by atoms with van der Waals surface area (Å²) in [6, 6.07) is 25.4. The third kappa shape index (κ3) is 3.64. The van der Waals surface area contributed by atoms with Gasteiger partial charge in [-0.2, -0.15) is 5.10 Å². The Labute approximate surface area is 163 Å². The van der Waals surface area contributed by atoms with E-state index in [1.54, 1.807) is 18.3 Å². The monoisotopic (exact) mass is 368 g/mol. The Balaban J connectivity index is 1.46. The van der Waals surface area contributed by atoms with Crippen molar-refractivity contribution in [3.8, 4) is 11.4 Å². The molecule has 4 rings (SSSR count). The fourth-order valence-corrected chi connectivity index (χ4v) is 3.10. The Morgan fingerprint density at radius 2 is 1.57 bits per heavy atom. The first-order chi connectivity index (χ1) is 13.7. The standard InChI is InChI=1S/C23H20N4O/c1-18-9-12-22(27(18)21-7-3-2-4-8-21)17-24-25-23(28)19-10-13-20(14-11-19)26-15-5-6-16-26/h2-17H,1H3,(H,25,28)/b24-17-. The maximum absolute atomic E-state index is 12.4. The van der Waals surface area contributed by atoms with E-state index in [1.807, 2.05) is 90.6 Å². The van der Waals surface area contributed by atoms with Crippen molar-refractivity contribution in [3.63, 3.8) is 0 Å². The van der Waals surface area contributed by atoms with Crippen LogP contribution in [0.1, 0.15) is 21.7 Å². The molecule has 2 aromatic carbocycles. The lowest BCUT2D eigenvalue weighted by Crippen LogP contribution is -2.18. The van der Waals surface area contributed by atoms with Gasteiger partial charge >= 0.3 is 0 Å². The molecule has 2 heterocycles. The summed E-state index contributed by atoms with van der Waals surface area (Å²) in [7, 11) is 0. The number of aryl methyl sites for hydroxylation is 1. The van der Waals surface area contributed by atoms with Crippen molar-refractivity contribution in [2.75, 3.05) is 0 Å². The van der Waals surface area contributed by atoms with Crippen molar-refractivity contribution in [3.05, 3.63) is 108 Å². The molecule has 0 spiro atoms. The largest absolute Gasteiger partial charge is 0.324 e. The van der Waals surface area contributed by atoms with Crippen LogP contribution in [0.15, 0.2) is 96.4 Å². The van der Waals surface area contributed by atoms with E-state index in [2.05, 4.69) is 15.1 Å². The zero-order valence-corrected chi connectivity index (χ0v) is 15.5. The summed E-state index contributed by atoms with van der Waals surface area (Å²) in [4.78, 5) is 12.4. The molecule has 1 N–H and O–H groups in total. The lowest BCUT2D eigenvalue weighted by molar-refractivity contribution is 0.0955. The van der Waals surface area contributed by atoms with Crippen LogP contribution >= 0.6 is 0 Å². The predicted molar refractivity (Wildman–Crippen MR) is 111 cm³/mol. The molecule has 0 fully saturated rings. The Morgan fingerprint density at radius 3 is 2.29 bits per heavy atom. The van der Waals surface area contributed by atoms with Gasteiger partial charge in [0, 0.05) is 35.0 Å². The van der Waals surface area contributed by atoms with Gasteiger partial charge in [0.15, 0.2) is 0 Å². The maximum Gasteiger partial charge on any atom is 0.271 e. The molecular weight excluding hydrogens is 348 g/mol. The van der Waals surface area contributed by atoms with Crippen LogP contribution in [-0.4, -0.2) is 21.3 Å². The van der Waals surface area contributed by atoms with E-state index in [1.165, 1.54) is 0 Å². The Hall–Kier alpha value is -3.86. The minimum atomic E-state index is -0.246. The lowest BCUT2D eigenvalue weighted by Gasteiger charge is -2.09. The zero-order valence-electron chi connectivity index (χ0n) is 15.5. The van der Waals surface area contributed by atoms with E-state index in [-0.39, 0.29) is 5.91 Å². The van der Waals surface area contributed by atoms with Crippen molar-refractivity contribution < 1.29 is 4.79 Å². The van der Waals surface area contributed by atoms with Gasteiger partial charge in [-0.3, -0.25) is 4.79 Å². The molecule has 0 radical (unpaired) electrons. The SMILES string of the molecule is Cc1ccc(/C=N\NC(=O)c2ccc(-n3cccc3)cc2)n1-c1ccccc1. The summed E-state index contributed by atoms with van der Waals surface area (Å²) in [5, 5.41) is 4.14. The number of nitrogens with one attached hydrogen (secondary N) is 1. The van der Waals surface area contributed by atoms with Crippen LogP contribution in [0.3, 0.4) is 0 Å². The molecule has 0 aliphatic heterocycles. The van der Waals surface area contributed by atoms with Gasteiger partial charge in [-0.15, -0.1) is 0 Å². The van der Waals surface area contributed by atoms with Crippen LogP contribution in [0.5, 0.6) is 0 Å². The zero-order chi connectivity index (χ0) is 19.3. The molecule has 5 nitrogen and oxygen atoms in total. The Bertz CT molecular complexity index is 1090. The second kappa shape index (κ2) is 7.80.